The Hall–Kier alpha value is -2.82. The zero-order valence-electron chi connectivity index (χ0n) is 17.2. The summed E-state index contributed by atoms with van der Waals surface area (Å²) in [6.07, 6.45) is 4.67. The number of benzene rings is 2. The molecule has 0 aromatic heterocycles. The van der Waals surface area contributed by atoms with E-state index in [1.165, 1.54) is 17.7 Å². The number of rotatable bonds is 11. The van der Waals surface area contributed by atoms with E-state index in [-0.39, 0.29) is 25.0 Å². The number of nitrogens with zero attached hydrogens (tertiary/aromatic N) is 1. The summed E-state index contributed by atoms with van der Waals surface area (Å²) in [5.41, 5.74) is 0.920. The van der Waals surface area contributed by atoms with Crippen LogP contribution < -0.4 is 9.47 Å². The summed E-state index contributed by atoms with van der Waals surface area (Å²) < 4.78 is 11.8. The summed E-state index contributed by atoms with van der Waals surface area (Å²) in [6.45, 7) is 5.56. The molecule has 0 N–H and O–H groups in total. The maximum absolute atomic E-state index is 12.4. The van der Waals surface area contributed by atoms with Crippen molar-refractivity contribution in [2.45, 2.75) is 39.5 Å². The highest BCUT2D eigenvalue weighted by Crippen LogP contribution is 2.24. The zero-order chi connectivity index (χ0) is 20.6. The Morgan fingerprint density at radius 3 is 2.00 bits per heavy atom. The molecule has 5 nitrogen and oxygen atoms in total. The van der Waals surface area contributed by atoms with E-state index in [1.807, 2.05) is 24.3 Å². The fourth-order valence-electron chi connectivity index (χ4n) is 3.69. The molecule has 0 fully saturated rings. The minimum atomic E-state index is -0.260. The molecule has 0 bridgehead atoms. The Balaban J connectivity index is 1.51. The van der Waals surface area contributed by atoms with Crippen LogP contribution in [0.15, 0.2) is 48.5 Å². The van der Waals surface area contributed by atoms with Crippen LogP contribution in [0.25, 0.3) is 0 Å². The largest absolute Gasteiger partial charge is 0.493 e. The van der Waals surface area contributed by atoms with Gasteiger partial charge in [-0.1, -0.05) is 44.9 Å². The minimum Gasteiger partial charge on any atom is -0.493 e. The molecule has 3 rings (SSSR count). The van der Waals surface area contributed by atoms with Crippen molar-refractivity contribution in [2.75, 3.05) is 19.8 Å². The van der Waals surface area contributed by atoms with Crippen LogP contribution in [0.3, 0.4) is 0 Å². The molecule has 2 aromatic carbocycles. The van der Waals surface area contributed by atoms with Crippen LogP contribution in [-0.4, -0.2) is 36.5 Å². The first-order valence-electron chi connectivity index (χ1n) is 10.4. The highest BCUT2D eigenvalue weighted by Gasteiger charge is 2.34. The van der Waals surface area contributed by atoms with Crippen LogP contribution in [0.1, 0.15) is 60.2 Å². The SMILES string of the molecule is CCCC(CCC)COc1cccc(OCCN2C(=O)c3ccccc3C2=O)c1. The van der Waals surface area contributed by atoms with Crippen molar-refractivity contribution in [3.63, 3.8) is 0 Å². The lowest BCUT2D eigenvalue weighted by Gasteiger charge is -2.17. The van der Waals surface area contributed by atoms with E-state index in [1.54, 1.807) is 24.3 Å². The van der Waals surface area contributed by atoms with Gasteiger partial charge in [-0.05, 0) is 43.0 Å². The first-order valence-corrected chi connectivity index (χ1v) is 10.4. The summed E-state index contributed by atoms with van der Waals surface area (Å²) in [5, 5.41) is 0. The van der Waals surface area contributed by atoms with Crippen molar-refractivity contribution in [1.29, 1.82) is 0 Å². The van der Waals surface area contributed by atoms with Gasteiger partial charge in [0.2, 0.25) is 0 Å². The fourth-order valence-corrected chi connectivity index (χ4v) is 3.69. The highest BCUT2D eigenvalue weighted by molar-refractivity contribution is 6.21. The molecular weight excluding hydrogens is 366 g/mol. The van der Waals surface area contributed by atoms with E-state index in [9.17, 15) is 9.59 Å². The Morgan fingerprint density at radius 2 is 1.41 bits per heavy atom. The number of carbonyl (C=O) groups is 2. The standard InChI is InChI=1S/C24H29NO4/c1-3-8-18(9-4-2)17-29-20-11-7-10-19(16-20)28-15-14-25-23(26)21-12-5-6-13-22(21)24(25)27/h5-7,10-13,16,18H,3-4,8-9,14-15,17H2,1-2H3. The van der Waals surface area contributed by atoms with Gasteiger partial charge >= 0.3 is 0 Å². The molecule has 0 saturated carbocycles. The van der Waals surface area contributed by atoms with E-state index in [2.05, 4.69) is 13.8 Å². The number of fused-ring (bicyclic) bond motifs is 1. The third kappa shape index (κ3) is 5.17. The van der Waals surface area contributed by atoms with E-state index < -0.39 is 0 Å². The van der Waals surface area contributed by atoms with Gasteiger partial charge in [0.1, 0.15) is 18.1 Å². The summed E-state index contributed by atoms with van der Waals surface area (Å²) in [6, 6.07) is 14.4. The first-order chi connectivity index (χ1) is 14.1. The molecule has 0 unspecified atom stereocenters. The summed E-state index contributed by atoms with van der Waals surface area (Å²) in [7, 11) is 0. The molecule has 29 heavy (non-hydrogen) atoms. The second kappa shape index (κ2) is 10.1. The van der Waals surface area contributed by atoms with E-state index in [4.69, 9.17) is 9.47 Å². The number of hydrogen-bond donors (Lipinski definition) is 0. The summed E-state index contributed by atoms with van der Waals surface area (Å²) in [5.74, 6) is 1.50. The number of carbonyl (C=O) groups excluding carboxylic acids is 2. The summed E-state index contributed by atoms with van der Waals surface area (Å²) in [4.78, 5) is 26.0. The molecule has 2 aromatic rings. The maximum atomic E-state index is 12.4. The maximum Gasteiger partial charge on any atom is 0.261 e. The van der Waals surface area contributed by atoms with Crippen LogP contribution in [0.4, 0.5) is 0 Å². The predicted molar refractivity (Wildman–Crippen MR) is 113 cm³/mol. The Morgan fingerprint density at radius 1 is 0.828 bits per heavy atom. The lowest BCUT2D eigenvalue weighted by molar-refractivity contribution is 0.0631. The van der Waals surface area contributed by atoms with Crippen molar-refractivity contribution >= 4 is 11.8 Å². The van der Waals surface area contributed by atoms with Gasteiger partial charge in [-0.2, -0.15) is 0 Å². The number of hydrogen-bond acceptors (Lipinski definition) is 4. The Bertz CT molecular complexity index is 807. The second-order valence-electron chi connectivity index (χ2n) is 7.39. The quantitative estimate of drug-likeness (QED) is 0.505. The fraction of sp³-hybridized carbons (Fsp3) is 0.417. The van der Waals surface area contributed by atoms with Crippen molar-refractivity contribution in [1.82, 2.24) is 4.90 Å². The van der Waals surface area contributed by atoms with Crippen molar-refractivity contribution in [2.24, 2.45) is 5.92 Å². The van der Waals surface area contributed by atoms with E-state index in [0.29, 0.717) is 29.4 Å². The number of ether oxygens (including phenoxy) is 2. The average molecular weight is 395 g/mol. The van der Waals surface area contributed by atoms with Crippen LogP contribution in [0.2, 0.25) is 0 Å². The van der Waals surface area contributed by atoms with Crippen molar-refractivity contribution in [3.8, 4) is 11.5 Å². The monoisotopic (exact) mass is 395 g/mol. The molecule has 0 spiro atoms. The number of imide groups is 1. The third-order valence-electron chi connectivity index (χ3n) is 5.15. The van der Waals surface area contributed by atoms with Gasteiger partial charge in [0, 0.05) is 6.07 Å². The topological polar surface area (TPSA) is 55.8 Å². The smallest absolute Gasteiger partial charge is 0.261 e. The van der Waals surface area contributed by atoms with Gasteiger partial charge in [-0.3, -0.25) is 14.5 Å². The Kier molecular flexibility index (Phi) is 7.28. The summed E-state index contributed by atoms with van der Waals surface area (Å²) >= 11 is 0. The predicted octanol–water partition coefficient (Wildman–Crippen LogP) is 4.96. The second-order valence-corrected chi connectivity index (χ2v) is 7.39. The van der Waals surface area contributed by atoms with Crippen LogP contribution >= 0.6 is 0 Å². The van der Waals surface area contributed by atoms with Gasteiger partial charge in [0.25, 0.3) is 11.8 Å². The molecule has 0 saturated heterocycles. The van der Waals surface area contributed by atoms with Gasteiger partial charge in [-0.15, -0.1) is 0 Å². The van der Waals surface area contributed by atoms with Crippen LogP contribution in [0, 0.1) is 5.92 Å². The molecule has 2 amide bonds. The molecule has 154 valence electrons. The van der Waals surface area contributed by atoms with E-state index in [0.717, 1.165) is 18.6 Å². The number of amides is 2. The lowest BCUT2D eigenvalue weighted by Crippen LogP contribution is -2.33. The van der Waals surface area contributed by atoms with Crippen molar-refractivity contribution < 1.29 is 19.1 Å². The molecule has 1 aliphatic heterocycles. The molecule has 0 radical (unpaired) electrons. The molecule has 0 atom stereocenters. The molecule has 1 aliphatic rings. The van der Waals surface area contributed by atoms with Crippen LogP contribution in [0.5, 0.6) is 11.5 Å². The van der Waals surface area contributed by atoms with Gasteiger partial charge in [0.15, 0.2) is 0 Å². The van der Waals surface area contributed by atoms with Gasteiger partial charge < -0.3 is 9.47 Å². The van der Waals surface area contributed by atoms with E-state index >= 15 is 0 Å². The lowest BCUT2D eigenvalue weighted by atomic mass is 9.99. The zero-order valence-corrected chi connectivity index (χ0v) is 17.2. The molecular formula is C24H29NO4. The average Bonchev–Trinajstić information content (AvgIpc) is 2.98. The van der Waals surface area contributed by atoms with Gasteiger partial charge in [0.05, 0.1) is 24.3 Å². The normalized spacial score (nSPS) is 13.1. The molecule has 5 heteroatoms. The third-order valence-corrected chi connectivity index (χ3v) is 5.15. The van der Waals surface area contributed by atoms with Gasteiger partial charge in [-0.25, -0.2) is 0 Å². The molecule has 0 aliphatic carbocycles. The minimum absolute atomic E-state index is 0.215. The van der Waals surface area contributed by atoms with Crippen molar-refractivity contribution in [3.05, 3.63) is 59.7 Å². The van der Waals surface area contributed by atoms with Crippen LogP contribution in [-0.2, 0) is 0 Å². The first kappa shape index (κ1) is 20.9. The highest BCUT2D eigenvalue weighted by atomic mass is 16.5. The Labute approximate surface area is 172 Å². The molecule has 1 heterocycles.